The van der Waals surface area contributed by atoms with E-state index in [9.17, 15) is 3.89 Å². The van der Waals surface area contributed by atoms with E-state index in [1.165, 1.54) is 41.8 Å². The number of hydrogen-bond acceptors (Lipinski definition) is 10. The summed E-state index contributed by atoms with van der Waals surface area (Å²) in [6.07, 6.45) is 16.2. The van der Waals surface area contributed by atoms with Gasteiger partial charge in [0, 0.05) is 110 Å². The molecule has 4 heterocycles. The van der Waals surface area contributed by atoms with Crippen LogP contribution in [0.15, 0.2) is 84.6 Å². The van der Waals surface area contributed by atoms with E-state index in [1.54, 1.807) is 19.3 Å². The van der Waals surface area contributed by atoms with Gasteiger partial charge in [-0.25, -0.2) is 13.8 Å². The minimum atomic E-state index is -1.81. The summed E-state index contributed by atoms with van der Waals surface area (Å²) in [5.41, 5.74) is 8.96. The van der Waals surface area contributed by atoms with Gasteiger partial charge < -0.3 is 25.8 Å². The number of likely N-dealkylation sites (N-methyl/N-ethyl adjacent to an activating group) is 1. The maximum Gasteiger partial charge on any atom is 0.229 e. The molecule has 2 saturated heterocycles. The lowest BCUT2D eigenvalue weighted by Crippen LogP contribution is -2.53. The van der Waals surface area contributed by atoms with E-state index in [1.807, 2.05) is 25.1 Å². The molecular weight excluding hydrogens is 895 g/mol. The Labute approximate surface area is 406 Å². The Kier molecular flexibility index (Phi) is 16.0. The van der Waals surface area contributed by atoms with Crippen LogP contribution in [0.4, 0.5) is 41.5 Å². The number of nitrogens with zero attached hydrogens (tertiary/aromatic N) is 6. The van der Waals surface area contributed by atoms with Crippen molar-refractivity contribution >= 4 is 70.4 Å². The van der Waals surface area contributed by atoms with Crippen LogP contribution in [0.3, 0.4) is 0 Å². The summed E-state index contributed by atoms with van der Waals surface area (Å²) in [6, 6.07) is 16.4. The van der Waals surface area contributed by atoms with Crippen LogP contribution in [0, 0.1) is 24.5 Å². The molecule has 3 aliphatic rings. The summed E-state index contributed by atoms with van der Waals surface area (Å²) < 4.78 is 45.3. The number of aryl methyl sites for hydroxylation is 2. The molecule has 3 N–H and O–H groups in total. The first kappa shape index (κ1) is 49.6. The molecular formula is C54H69F3N9PS. The van der Waals surface area contributed by atoms with Gasteiger partial charge >= 0.3 is 0 Å². The van der Waals surface area contributed by atoms with Crippen molar-refractivity contribution in [1.82, 2.24) is 30.1 Å². The number of pyridine rings is 1. The number of piperidine rings is 1. The highest BCUT2D eigenvalue weighted by Crippen LogP contribution is 2.43. The van der Waals surface area contributed by atoms with Crippen molar-refractivity contribution < 1.29 is 12.7 Å². The van der Waals surface area contributed by atoms with Crippen molar-refractivity contribution in [3.8, 4) is 0 Å². The number of benzene rings is 3. The Bertz CT molecular complexity index is 2650. The Morgan fingerprint density at radius 3 is 2.31 bits per heavy atom. The van der Waals surface area contributed by atoms with Gasteiger partial charge in [-0.3, -0.25) is 9.88 Å². The predicted octanol–water partition coefficient (Wildman–Crippen LogP) is 11.5. The van der Waals surface area contributed by atoms with Crippen molar-refractivity contribution in [2.75, 3.05) is 81.7 Å². The highest BCUT2D eigenvalue weighted by Gasteiger charge is 2.30. The molecule has 8 rings (SSSR count). The molecule has 68 heavy (non-hydrogen) atoms. The number of halogens is 3. The molecule has 14 heteroatoms. The van der Waals surface area contributed by atoms with Crippen LogP contribution in [-0.4, -0.2) is 103 Å². The van der Waals surface area contributed by atoms with Gasteiger partial charge in [-0.05, 0) is 143 Å². The maximum absolute atomic E-state index is 15.4. The zero-order valence-electron chi connectivity index (χ0n) is 40.6. The van der Waals surface area contributed by atoms with Gasteiger partial charge in [0.2, 0.25) is 5.95 Å². The second kappa shape index (κ2) is 21.9. The van der Waals surface area contributed by atoms with E-state index in [0.717, 1.165) is 105 Å². The zero-order chi connectivity index (χ0) is 48.1. The zero-order valence-corrected chi connectivity index (χ0v) is 42.3. The Balaban J connectivity index is 0.905. The molecule has 5 aromatic rings. The van der Waals surface area contributed by atoms with Crippen molar-refractivity contribution in [2.24, 2.45) is 5.92 Å². The Morgan fingerprint density at radius 2 is 1.66 bits per heavy atom. The number of allylic oxidation sites excluding steroid dienone is 2. The topological polar surface area (TPSA) is 84.5 Å². The summed E-state index contributed by atoms with van der Waals surface area (Å²) in [4.78, 5) is 22.2. The number of rotatable bonds is 20. The number of fused-ring (bicyclic) bond motifs is 1. The minimum Gasteiger partial charge on any atom is -0.391 e. The normalized spacial score (nSPS) is 16.8. The maximum atomic E-state index is 15.4. The van der Waals surface area contributed by atoms with Gasteiger partial charge in [-0.2, -0.15) is 8.87 Å². The summed E-state index contributed by atoms with van der Waals surface area (Å²) in [5.74, 6) is 0.0301. The molecule has 0 amide bonds. The lowest BCUT2D eigenvalue weighted by atomic mass is 9.89. The standard InChI is InChI=1S/C54H69F3N9PS/c1-9-11-12-42(36(4)58-5)51-44(55)30-38(31-45(51)56)19-22-64-25-27-65(28-26-64)41-20-23-66(24-21-41)49-33-40(29-37-14-15-37)48(32-39(49)10-2)62-54-59-34-50(68-57)53(63-54)61-47-18-17-46-43(16-13-35(3)60-46)52(47)67(6,7)8/h9,13,16-18,30-34,37,41-42,58H,1,4,6,10-12,14-15,19-29H2,2-3,5,7-8H3,(H2,59,61,62,63)/t42-/m0/s1. The number of hydrogen-bond donors (Lipinski definition) is 3. The second-order valence-electron chi connectivity index (χ2n) is 19.6. The largest absolute Gasteiger partial charge is 0.391 e. The number of piperazine rings is 1. The van der Waals surface area contributed by atoms with Gasteiger partial charge in [0.1, 0.15) is 16.5 Å². The van der Waals surface area contributed by atoms with Gasteiger partial charge in [0.15, 0.2) is 5.82 Å². The first-order valence-corrected chi connectivity index (χ1v) is 28.0. The molecule has 1 saturated carbocycles. The fourth-order valence-electron chi connectivity index (χ4n) is 10.2. The third-order valence-corrected chi connectivity index (χ3v) is 16.3. The number of anilines is 5. The molecule has 3 aromatic carbocycles. The number of aromatic nitrogens is 3. The van der Waals surface area contributed by atoms with Crippen molar-refractivity contribution in [2.45, 2.75) is 88.5 Å². The highest BCUT2D eigenvalue weighted by molar-refractivity contribution is 7.94. The van der Waals surface area contributed by atoms with Gasteiger partial charge in [0.25, 0.3) is 0 Å². The van der Waals surface area contributed by atoms with Gasteiger partial charge in [-0.15, -0.1) is 6.58 Å². The molecule has 1 aliphatic carbocycles. The average Bonchev–Trinajstić information content (AvgIpc) is 4.16. The van der Waals surface area contributed by atoms with E-state index in [2.05, 4.69) is 93.5 Å². The van der Waals surface area contributed by atoms with Crippen LogP contribution < -0.4 is 26.2 Å². The van der Waals surface area contributed by atoms with E-state index in [4.69, 9.17) is 9.97 Å². The van der Waals surface area contributed by atoms with E-state index in [0.29, 0.717) is 59.1 Å². The predicted molar refractivity (Wildman–Crippen MR) is 283 cm³/mol. The molecule has 0 unspecified atom stereocenters. The van der Waals surface area contributed by atoms with Crippen molar-refractivity contribution in [3.63, 3.8) is 0 Å². The SMILES string of the molecule is C=CCC[C@@H](C(=C)NC)c1c(F)cc(CCN2CCN(C3CCN(c4cc(CC5CC5)c(Nc5ncc(SF)c(Nc6ccc7nc(C)ccc7c6P(=C)(C)C)n5)cc4CC)CC3)CC2)cc1F. The Hall–Kier alpha value is -4.81. The van der Waals surface area contributed by atoms with Crippen LogP contribution in [0.1, 0.15) is 79.3 Å². The second-order valence-corrected chi connectivity index (χ2v) is 24.0. The molecule has 0 bridgehead atoms. The third kappa shape index (κ3) is 11.6. The summed E-state index contributed by atoms with van der Waals surface area (Å²) in [6.45, 7) is 21.2. The van der Waals surface area contributed by atoms with E-state index in [-0.39, 0.29) is 17.7 Å². The molecule has 2 aromatic heterocycles. The molecule has 0 radical (unpaired) electrons. The van der Waals surface area contributed by atoms with E-state index < -0.39 is 24.4 Å². The molecule has 0 spiro atoms. The van der Waals surface area contributed by atoms with Crippen LogP contribution in [0.25, 0.3) is 10.9 Å². The molecule has 2 aliphatic heterocycles. The molecule has 362 valence electrons. The summed E-state index contributed by atoms with van der Waals surface area (Å²) in [5, 5.41) is 12.2. The fraction of sp³-hybridized carbons (Fsp3) is 0.444. The van der Waals surface area contributed by atoms with Gasteiger partial charge in [-0.1, -0.05) is 38.8 Å². The van der Waals surface area contributed by atoms with Crippen LogP contribution >= 0.6 is 19.0 Å². The quantitative estimate of drug-likeness (QED) is 0.0518. The van der Waals surface area contributed by atoms with Crippen molar-refractivity contribution in [1.29, 1.82) is 0 Å². The van der Waals surface area contributed by atoms with Gasteiger partial charge in [0.05, 0.1) is 23.9 Å². The third-order valence-electron chi connectivity index (χ3n) is 14.1. The van der Waals surface area contributed by atoms with Crippen LogP contribution in [0.5, 0.6) is 0 Å². The lowest BCUT2D eigenvalue weighted by Gasteiger charge is -2.43. The minimum absolute atomic E-state index is 0.0870. The van der Waals surface area contributed by atoms with Crippen LogP contribution in [0.2, 0.25) is 0 Å². The molecule has 9 nitrogen and oxygen atoms in total. The molecule has 1 atom stereocenters. The first-order chi connectivity index (χ1) is 32.8. The first-order valence-electron chi connectivity index (χ1n) is 24.4. The summed E-state index contributed by atoms with van der Waals surface area (Å²) >= 11 is 0.136. The average molecular weight is 964 g/mol. The van der Waals surface area contributed by atoms with Crippen molar-refractivity contribution in [3.05, 3.63) is 119 Å². The Morgan fingerprint density at radius 1 is 0.926 bits per heavy atom. The highest BCUT2D eigenvalue weighted by atomic mass is 32.2. The number of nitrogens with one attached hydrogen (secondary N) is 3. The van der Waals surface area contributed by atoms with Crippen LogP contribution in [-0.2, 0) is 19.3 Å². The van der Waals surface area contributed by atoms with E-state index >= 15 is 8.78 Å². The monoisotopic (exact) mass is 964 g/mol. The lowest BCUT2D eigenvalue weighted by molar-refractivity contribution is 0.0855. The summed E-state index contributed by atoms with van der Waals surface area (Å²) in [7, 11) is 1.74. The molecule has 3 fully saturated rings. The smallest absolute Gasteiger partial charge is 0.229 e. The fourth-order valence-corrected chi connectivity index (χ4v) is 12.1.